The molecule has 6 saturated carbocycles. The summed E-state index contributed by atoms with van der Waals surface area (Å²) in [5, 5.41) is 0. The molecule has 0 saturated heterocycles. The number of hydrogen-bond donors (Lipinski definition) is 0. The molecule has 6 bridgehead atoms. The highest BCUT2D eigenvalue weighted by atomic mass is 14.5. The Kier molecular flexibility index (Phi) is 4.84. The molecule has 0 heteroatoms. The van der Waals surface area contributed by atoms with Crippen molar-refractivity contribution in [2.45, 2.75) is 103 Å². The van der Waals surface area contributed by atoms with Gasteiger partial charge in [-0.2, -0.15) is 0 Å². The van der Waals surface area contributed by atoms with E-state index in [-0.39, 0.29) is 0 Å². The fraction of sp³-hybridized carbons (Fsp3) is 0.806. The van der Waals surface area contributed by atoms with Crippen LogP contribution in [0.2, 0.25) is 0 Å². The van der Waals surface area contributed by atoms with Gasteiger partial charge in [-0.1, -0.05) is 31.4 Å². The first-order valence-electron chi connectivity index (χ1n) is 14.3. The molecular weight excluding hydrogens is 372 g/mol. The maximum absolute atomic E-state index is 2.72. The van der Waals surface area contributed by atoms with E-state index in [0.717, 1.165) is 53.3 Å². The van der Waals surface area contributed by atoms with Crippen LogP contribution in [0, 0.1) is 60.2 Å². The lowest BCUT2D eigenvalue weighted by Crippen LogP contribution is -2.18. The highest BCUT2D eigenvalue weighted by molar-refractivity contribution is 5.40. The van der Waals surface area contributed by atoms with Crippen molar-refractivity contribution in [2.75, 3.05) is 0 Å². The summed E-state index contributed by atoms with van der Waals surface area (Å²) >= 11 is 0. The van der Waals surface area contributed by atoms with Crippen LogP contribution < -0.4 is 0 Å². The molecule has 9 atom stereocenters. The first-order valence-corrected chi connectivity index (χ1v) is 14.3. The SMILES string of the molecule is Cc1c(CC2CC3CCC2C3)cc(CC2CC3CCC2C3)cc1CC1CC2CCC1C2. The van der Waals surface area contributed by atoms with E-state index in [2.05, 4.69) is 19.1 Å². The highest BCUT2D eigenvalue weighted by Gasteiger charge is 2.42. The molecular formula is C31H44. The van der Waals surface area contributed by atoms with Crippen LogP contribution >= 0.6 is 0 Å². The minimum Gasteiger partial charge on any atom is -0.0555 e. The van der Waals surface area contributed by atoms with E-state index < -0.39 is 0 Å². The van der Waals surface area contributed by atoms with Gasteiger partial charge in [-0.3, -0.25) is 0 Å². The average Bonchev–Trinajstić information content (AvgIpc) is 3.59. The van der Waals surface area contributed by atoms with Gasteiger partial charge in [0, 0.05) is 0 Å². The van der Waals surface area contributed by atoms with E-state index in [1.54, 1.807) is 80.0 Å². The summed E-state index contributed by atoms with van der Waals surface area (Å²) in [6.45, 7) is 2.51. The Balaban J connectivity index is 1.15. The monoisotopic (exact) mass is 416 g/mol. The normalized spacial score (nSPS) is 44.7. The predicted octanol–water partition coefficient (Wildman–Crippen LogP) is 7.93. The standard InChI is InChI=1S/C31H44/c1-19-27(17-30-12-21-3-6-25(30)9-21)14-23(16-29-11-20-2-5-24(29)8-20)15-28(19)18-31-13-22-4-7-26(31)10-22/h14-15,20-22,24-26,29-31H,2-13,16-18H2,1H3. The van der Waals surface area contributed by atoms with Crippen molar-refractivity contribution in [3.63, 3.8) is 0 Å². The smallest absolute Gasteiger partial charge is 0.0245 e. The van der Waals surface area contributed by atoms with Crippen LogP contribution in [0.4, 0.5) is 0 Å². The van der Waals surface area contributed by atoms with Crippen molar-refractivity contribution in [3.05, 3.63) is 34.4 Å². The molecule has 0 radical (unpaired) electrons. The lowest BCUT2D eigenvalue weighted by atomic mass is 9.78. The summed E-state index contributed by atoms with van der Waals surface area (Å²) in [5.74, 6) is 9.46. The molecule has 9 unspecified atom stereocenters. The van der Waals surface area contributed by atoms with E-state index in [4.69, 9.17) is 0 Å². The molecule has 6 fully saturated rings. The summed E-state index contributed by atoms with van der Waals surface area (Å²) in [7, 11) is 0. The number of hydrogen-bond acceptors (Lipinski definition) is 0. The van der Waals surface area contributed by atoms with Crippen molar-refractivity contribution in [1.82, 2.24) is 0 Å². The van der Waals surface area contributed by atoms with E-state index in [1.165, 1.54) is 38.5 Å². The molecule has 7 rings (SSSR count). The highest BCUT2D eigenvalue weighted by Crippen LogP contribution is 2.52. The first kappa shape index (κ1) is 19.7. The van der Waals surface area contributed by atoms with Gasteiger partial charge in [0.2, 0.25) is 0 Å². The molecule has 0 N–H and O–H groups in total. The molecule has 31 heavy (non-hydrogen) atoms. The lowest BCUT2D eigenvalue weighted by molar-refractivity contribution is 0.325. The van der Waals surface area contributed by atoms with Crippen LogP contribution in [0.25, 0.3) is 0 Å². The van der Waals surface area contributed by atoms with E-state index in [1.807, 2.05) is 0 Å². The molecule has 168 valence electrons. The fourth-order valence-electron chi connectivity index (χ4n) is 10.2. The van der Waals surface area contributed by atoms with Crippen molar-refractivity contribution in [2.24, 2.45) is 53.3 Å². The van der Waals surface area contributed by atoms with Gasteiger partial charge in [0.1, 0.15) is 0 Å². The van der Waals surface area contributed by atoms with Crippen LogP contribution in [-0.2, 0) is 19.3 Å². The Labute approximate surface area is 191 Å². The van der Waals surface area contributed by atoms with Gasteiger partial charge in [-0.05, 0) is 159 Å². The van der Waals surface area contributed by atoms with E-state index >= 15 is 0 Å². The van der Waals surface area contributed by atoms with Gasteiger partial charge >= 0.3 is 0 Å². The zero-order chi connectivity index (χ0) is 20.5. The minimum absolute atomic E-state index is 1.01. The van der Waals surface area contributed by atoms with E-state index in [0.29, 0.717) is 0 Å². The van der Waals surface area contributed by atoms with Crippen molar-refractivity contribution >= 4 is 0 Å². The largest absolute Gasteiger partial charge is 0.0555 e. The Morgan fingerprint density at radius 2 is 0.968 bits per heavy atom. The Morgan fingerprint density at radius 3 is 1.32 bits per heavy atom. The zero-order valence-corrected chi connectivity index (χ0v) is 20.0. The summed E-state index contributed by atoms with van der Waals surface area (Å²) < 4.78 is 0. The molecule has 0 heterocycles. The van der Waals surface area contributed by atoms with Gasteiger partial charge in [0.25, 0.3) is 0 Å². The quantitative estimate of drug-likeness (QED) is 0.441. The summed E-state index contributed by atoms with van der Waals surface area (Å²) in [5.41, 5.74) is 6.99. The van der Waals surface area contributed by atoms with Gasteiger partial charge < -0.3 is 0 Å². The fourth-order valence-corrected chi connectivity index (χ4v) is 10.2. The second-order valence-electron chi connectivity index (χ2n) is 13.5. The molecule has 6 aliphatic rings. The number of fused-ring (bicyclic) bond motifs is 6. The molecule has 0 aliphatic heterocycles. The Hall–Kier alpha value is -0.780. The van der Waals surface area contributed by atoms with Gasteiger partial charge in [0.15, 0.2) is 0 Å². The third kappa shape index (κ3) is 3.54. The number of benzene rings is 1. The minimum atomic E-state index is 1.01. The van der Waals surface area contributed by atoms with Crippen molar-refractivity contribution in [3.8, 4) is 0 Å². The molecule has 0 aromatic heterocycles. The third-order valence-corrected chi connectivity index (χ3v) is 11.8. The van der Waals surface area contributed by atoms with E-state index in [9.17, 15) is 0 Å². The van der Waals surface area contributed by atoms with Gasteiger partial charge in [-0.25, -0.2) is 0 Å². The molecule has 1 aromatic carbocycles. The van der Waals surface area contributed by atoms with Crippen LogP contribution in [0.3, 0.4) is 0 Å². The zero-order valence-electron chi connectivity index (χ0n) is 20.0. The Bertz CT molecular complexity index is 783. The predicted molar refractivity (Wildman–Crippen MR) is 129 cm³/mol. The average molecular weight is 417 g/mol. The summed E-state index contributed by atoms with van der Waals surface area (Å²) in [6, 6.07) is 5.44. The first-order chi connectivity index (χ1) is 15.2. The lowest BCUT2D eigenvalue weighted by Gasteiger charge is -2.27. The van der Waals surface area contributed by atoms with Crippen molar-refractivity contribution < 1.29 is 0 Å². The molecule has 0 amide bonds. The van der Waals surface area contributed by atoms with Crippen LogP contribution in [0.5, 0.6) is 0 Å². The second kappa shape index (κ2) is 7.63. The Morgan fingerprint density at radius 1 is 0.548 bits per heavy atom. The van der Waals surface area contributed by atoms with Crippen molar-refractivity contribution in [1.29, 1.82) is 0 Å². The number of rotatable bonds is 6. The topological polar surface area (TPSA) is 0 Å². The van der Waals surface area contributed by atoms with Crippen LogP contribution in [0.15, 0.2) is 12.1 Å². The maximum atomic E-state index is 2.72. The molecule has 0 nitrogen and oxygen atoms in total. The third-order valence-electron chi connectivity index (χ3n) is 11.8. The second-order valence-corrected chi connectivity index (χ2v) is 13.5. The molecule has 6 aliphatic carbocycles. The van der Waals surface area contributed by atoms with Gasteiger partial charge in [-0.15, -0.1) is 0 Å². The van der Waals surface area contributed by atoms with Gasteiger partial charge in [0.05, 0.1) is 0 Å². The maximum Gasteiger partial charge on any atom is -0.0245 e. The molecule has 0 spiro atoms. The summed E-state index contributed by atoms with van der Waals surface area (Å²) in [4.78, 5) is 0. The molecule has 1 aromatic rings. The summed E-state index contributed by atoms with van der Waals surface area (Å²) in [6.07, 6.45) is 22.8. The van der Waals surface area contributed by atoms with Crippen LogP contribution in [-0.4, -0.2) is 0 Å². The van der Waals surface area contributed by atoms with Crippen LogP contribution in [0.1, 0.15) is 99.3 Å².